The monoisotopic (exact) mass is 432 g/mol. The van der Waals surface area contributed by atoms with Crippen molar-refractivity contribution in [2.45, 2.75) is 43.8 Å². The van der Waals surface area contributed by atoms with Gasteiger partial charge in [0, 0.05) is 55.0 Å². The highest BCUT2D eigenvalue weighted by atomic mass is 19.4. The summed E-state index contributed by atoms with van der Waals surface area (Å²) in [4.78, 5) is 9.03. The fourth-order valence-electron chi connectivity index (χ4n) is 3.96. The first-order valence-corrected chi connectivity index (χ1v) is 9.31. The lowest BCUT2D eigenvalue weighted by Gasteiger charge is -2.41. The molecular formula is C19H18F6N4O. The molecule has 2 aliphatic heterocycles. The van der Waals surface area contributed by atoms with E-state index in [0.29, 0.717) is 43.3 Å². The Bertz CT molecular complexity index is 953. The Morgan fingerprint density at radius 2 is 1.83 bits per heavy atom. The zero-order chi connectivity index (χ0) is 21.6. The molecule has 162 valence electrons. The van der Waals surface area contributed by atoms with Crippen LogP contribution in [0.1, 0.15) is 35.2 Å². The van der Waals surface area contributed by atoms with Crippen LogP contribution in [-0.4, -0.2) is 40.1 Å². The quantitative estimate of drug-likeness (QED) is 0.584. The number of hydrogen-bond donors (Lipinski definition) is 1. The van der Waals surface area contributed by atoms with Crippen molar-refractivity contribution in [3.8, 4) is 0 Å². The van der Waals surface area contributed by atoms with Crippen molar-refractivity contribution in [3.63, 3.8) is 0 Å². The van der Waals surface area contributed by atoms with Crippen molar-refractivity contribution in [2.75, 3.05) is 13.2 Å². The van der Waals surface area contributed by atoms with Crippen LogP contribution in [0, 0.1) is 17.5 Å². The van der Waals surface area contributed by atoms with Crippen molar-refractivity contribution >= 4 is 0 Å². The molecule has 0 aliphatic carbocycles. The Balaban J connectivity index is 1.45. The maximum atomic E-state index is 14.1. The highest BCUT2D eigenvalue weighted by Gasteiger charge is 2.38. The standard InChI is InChI=1S/C19H18F6N4O/c20-12-5-14(22)13(21)4-11(12)17-15(26)3-10(8-30-17)29-2-1-16-9(7-29)6-27-18(28-16)19(23,24)25/h4-6,10,15,17H,1-3,7-8,26H2/t10-,15?,17?/m1/s1. The number of hydrogen-bond acceptors (Lipinski definition) is 5. The van der Waals surface area contributed by atoms with Gasteiger partial charge in [-0.1, -0.05) is 0 Å². The molecule has 4 rings (SSSR count). The van der Waals surface area contributed by atoms with Crippen molar-refractivity contribution in [3.05, 3.63) is 58.4 Å². The van der Waals surface area contributed by atoms with Crippen LogP contribution in [0.2, 0.25) is 0 Å². The Kier molecular flexibility index (Phi) is 5.45. The molecule has 0 saturated carbocycles. The van der Waals surface area contributed by atoms with Crippen LogP contribution in [0.4, 0.5) is 26.3 Å². The number of alkyl halides is 3. The van der Waals surface area contributed by atoms with Gasteiger partial charge in [-0.25, -0.2) is 23.1 Å². The summed E-state index contributed by atoms with van der Waals surface area (Å²) in [6.07, 6.45) is -3.64. The van der Waals surface area contributed by atoms with Crippen LogP contribution in [0.15, 0.2) is 18.3 Å². The first-order valence-electron chi connectivity index (χ1n) is 9.31. The molecule has 2 unspecified atom stereocenters. The van der Waals surface area contributed by atoms with Crippen LogP contribution in [0.3, 0.4) is 0 Å². The van der Waals surface area contributed by atoms with E-state index in [1.54, 1.807) is 0 Å². The number of aromatic nitrogens is 2. The van der Waals surface area contributed by atoms with Crippen molar-refractivity contribution in [1.29, 1.82) is 0 Å². The van der Waals surface area contributed by atoms with Gasteiger partial charge in [0.2, 0.25) is 5.82 Å². The normalized spacial score (nSPS) is 25.2. The summed E-state index contributed by atoms with van der Waals surface area (Å²) >= 11 is 0. The van der Waals surface area contributed by atoms with E-state index in [4.69, 9.17) is 10.5 Å². The van der Waals surface area contributed by atoms with Crippen LogP contribution >= 0.6 is 0 Å². The van der Waals surface area contributed by atoms with Gasteiger partial charge in [-0.2, -0.15) is 13.2 Å². The van der Waals surface area contributed by atoms with E-state index in [2.05, 4.69) is 9.97 Å². The molecular weight excluding hydrogens is 414 g/mol. The Morgan fingerprint density at radius 1 is 1.10 bits per heavy atom. The van der Waals surface area contributed by atoms with E-state index in [1.807, 2.05) is 4.90 Å². The molecule has 2 aromatic rings. The third-order valence-electron chi connectivity index (χ3n) is 5.48. The second kappa shape index (κ2) is 7.78. The molecule has 5 nitrogen and oxygen atoms in total. The molecule has 1 saturated heterocycles. The molecule has 0 spiro atoms. The number of nitrogens with two attached hydrogens (primary N) is 1. The summed E-state index contributed by atoms with van der Waals surface area (Å²) in [5, 5.41) is 0. The van der Waals surface area contributed by atoms with E-state index in [9.17, 15) is 26.3 Å². The first kappa shape index (κ1) is 21.0. The van der Waals surface area contributed by atoms with Gasteiger partial charge < -0.3 is 10.5 Å². The summed E-state index contributed by atoms with van der Waals surface area (Å²) in [7, 11) is 0. The van der Waals surface area contributed by atoms with Gasteiger partial charge in [-0.3, -0.25) is 4.90 Å². The number of nitrogens with zero attached hydrogens (tertiary/aromatic N) is 3. The van der Waals surface area contributed by atoms with Crippen molar-refractivity contribution in [1.82, 2.24) is 14.9 Å². The molecule has 30 heavy (non-hydrogen) atoms. The summed E-state index contributed by atoms with van der Waals surface area (Å²) in [5.74, 6) is -4.57. The molecule has 0 amide bonds. The minimum Gasteiger partial charge on any atom is -0.370 e. The molecule has 0 radical (unpaired) electrons. The third kappa shape index (κ3) is 4.01. The molecule has 3 atom stereocenters. The summed E-state index contributed by atoms with van der Waals surface area (Å²) < 4.78 is 84.8. The van der Waals surface area contributed by atoms with Gasteiger partial charge in [0.05, 0.1) is 12.3 Å². The number of benzene rings is 1. The summed E-state index contributed by atoms with van der Waals surface area (Å²) in [5.41, 5.74) is 6.95. The first-order chi connectivity index (χ1) is 14.1. The highest BCUT2D eigenvalue weighted by molar-refractivity contribution is 5.25. The Hall–Kier alpha value is -2.24. The Morgan fingerprint density at radius 3 is 2.53 bits per heavy atom. The lowest BCUT2D eigenvalue weighted by Crippen LogP contribution is -2.50. The largest absolute Gasteiger partial charge is 0.451 e. The molecule has 1 aromatic carbocycles. The fourth-order valence-corrected chi connectivity index (χ4v) is 3.96. The molecule has 1 fully saturated rings. The zero-order valence-electron chi connectivity index (χ0n) is 15.6. The van der Waals surface area contributed by atoms with Gasteiger partial charge >= 0.3 is 6.18 Å². The average molecular weight is 432 g/mol. The average Bonchev–Trinajstić information content (AvgIpc) is 2.69. The van der Waals surface area contributed by atoms with Crippen molar-refractivity contribution < 1.29 is 31.1 Å². The molecule has 2 N–H and O–H groups in total. The zero-order valence-corrected chi connectivity index (χ0v) is 15.6. The van der Waals surface area contributed by atoms with E-state index in [-0.39, 0.29) is 18.2 Å². The van der Waals surface area contributed by atoms with Gasteiger partial charge in [0.1, 0.15) is 11.9 Å². The topological polar surface area (TPSA) is 64.3 Å². The maximum Gasteiger partial charge on any atom is 0.451 e. The van der Waals surface area contributed by atoms with E-state index >= 15 is 0 Å². The lowest BCUT2D eigenvalue weighted by atomic mass is 9.92. The minimum atomic E-state index is -4.60. The van der Waals surface area contributed by atoms with E-state index in [0.717, 1.165) is 6.07 Å². The van der Waals surface area contributed by atoms with E-state index < -0.39 is 41.6 Å². The molecule has 3 heterocycles. The minimum absolute atomic E-state index is 0.142. The summed E-state index contributed by atoms with van der Waals surface area (Å²) in [6.45, 7) is 0.943. The molecule has 2 aliphatic rings. The van der Waals surface area contributed by atoms with Crippen LogP contribution in [0.5, 0.6) is 0 Å². The summed E-state index contributed by atoms with van der Waals surface area (Å²) in [6, 6.07) is 0.375. The van der Waals surface area contributed by atoms with Gasteiger partial charge in [-0.15, -0.1) is 0 Å². The number of rotatable bonds is 2. The van der Waals surface area contributed by atoms with Gasteiger partial charge in [0.15, 0.2) is 11.6 Å². The fraction of sp³-hybridized carbons (Fsp3) is 0.474. The third-order valence-corrected chi connectivity index (χ3v) is 5.48. The van der Waals surface area contributed by atoms with Crippen LogP contribution in [-0.2, 0) is 23.9 Å². The van der Waals surface area contributed by atoms with Gasteiger partial charge in [0.25, 0.3) is 0 Å². The van der Waals surface area contributed by atoms with Crippen LogP contribution < -0.4 is 5.73 Å². The number of halogens is 6. The lowest BCUT2D eigenvalue weighted by molar-refractivity contribution is -0.145. The van der Waals surface area contributed by atoms with Gasteiger partial charge in [-0.05, 0) is 12.5 Å². The van der Waals surface area contributed by atoms with Crippen molar-refractivity contribution in [2.24, 2.45) is 5.73 Å². The number of fused-ring (bicyclic) bond motifs is 1. The highest BCUT2D eigenvalue weighted by Crippen LogP contribution is 2.33. The van der Waals surface area contributed by atoms with Crippen LogP contribution in [0.25, 0.3) is 0 Å². The predicted molar refractivity (Wildman–Crippen MR) is 92.5 cm³/mol. The van der Waals surface area contributed by atoms with E-state index in [1.165, 1.54) is 6.20 Å². The molecule has 1 aromatic heterocycles. The molecule has 11 heteroatoms. The SMILES string of the molecule is NC1C[C@@H](N2CCc3nc(C(F)(F)F)ncc3C2)COC1c1cc(F)c(F)cc1F. The second-order valence-corrected chi connectivity index (χ2v) is 7.48. The molecule has 0 bridgehead atoms. The number of ether oxygens (including phenoxy) is 1. The maximum absolute atomic E-state index is 14.1. The predicted octanol–water partition coefficient (Wildman–Crippen LogP) is 3.13. The smallest absolute Gasteiger partial charge is 0.370 e. The second-order valence-electron chi connectivity index (χ2n) is 7.48. The Labute approximate surface area is 167 Å².